The Morgan fingerprint density at radius 3 is 2.44 bits per heavy atom. The van der Waals surface area contributed by atoms with Crippen LogP contribution in [0.5, 0.6) is 0 Å². The molecule has 0 amide bonds. The van der Waals surface area contributed by atoms with E-state index in [-0.39, 0.29) is 0 Å². The minimum atomic E-state index is -0.601. The molecule has 0 aliphatic carbocycles. The van der Waals surface area contributed by atoms with Crippen molar-refractivity contribution in [2.24, 2.45) is 0 Å². The molecule has 6 heteroatoms. The number of halogens is 4. The van der Waals surface area contributed by atoms with Gasteiger partial charge in [-0.2, -0.15) is 0 Å². The van der Waals surface area contributed by atoms with E-state index in [1.54, 1.807) is 12.1 Å². The summed E-state index contributed by atoms with van der Waals surface area (Å²) < 4.78 is 1.44. The van der Waals surface area contributed by atoms with Crippen LogP contribution in [0, 0.1) is 0 Å². The van der Waals surface area contributed by atoms with Gasteiger partial charge in [0.05, 0.1) is 16.1 Å². The average molecular weight is 387 g/mol. The van der Waals surface area contributed by atoms with Crippen LogP contribution in [0.25, 0.3) is 0 Å². The van der Waals surface area contributed by atoms with Crippen LogP contribution in [0.1, 0.15) is 16.5 Å². The summed E-state index contributed by atoms with van der Waals surface area (Å²) in [7, 11) is 0. The summed E-state index contributed by atoms with van der Waals surface area (Å²) in [4.78, 5) is 0.818. The van der Waals surface area contributed by atoms with Gasteiger partial charge in [-0.3, -0.25) is 0 Å². The second kappa shape index (κ2) is 6.12. The van der Waals surface area contributed by atoms with Crippen molar-refractivity contribution in [2.45, 2.75) is 12.5 Å². The van der Waals surface area contributed by atoms with Crippen LogP contribution < -0.4 is 0 Å². The van der Waals surface area contributed by atoms with E-state index in [0.29, 0.717) is 20.8 Å². The molecule has 1 heterocycles. The first kappa shape index (κ1) is 14.6. The Bertz CT molecular complexity index is 551. The molecule has 0 spiro atoms. The van der Waals surface area contributed by atoms with Crippen molar-refractivity contribution in [3.63, 3.8) is 0 Å². The Hall–Kier alpha value is 0.230. The van der Waals surface area contributed by atoms with Crippen LogP contribution in [0.4, 0.5) is 0 Å². The molecule has 0 fully saturated rings. The van der Waals surface area contributed by atoms with Gasteiger partial charge >= 0.3 is 0 Å². The Morgan fingerprint density at radius 1 is 1.17 bits per heavy atom. The number of hydrogen-bond acceptors (Lipinski definition) is 2. The third-order valence-corrected chi connectivity index (χ3v) is 5.72. The van der Waals surface area contributed by atoms with E-state index in [4.69, 9.17) is 34.8 Å². The highest BCUT2D eigenvalue weighted by atomic mass is 79.9. The Balaban J connectivity index is 2.15. The monoisotopic (exact) mass is 384 g/mol. The number of aliphatic hydroxyl groups excluding tert-OH is 1. The number of rotatable bonds is 3. The van der Waals surface area contributed by atoms with Crippen LogP contribution in [0.15, 0.2) is 28.7 Å². The molecule has 96 valence electrons. The SMILES string of the molecule is OC(Cc1ccc(Cl)c(Cl)c1)c1cc(Br)c(Cl)s1. The van der Waals surface area contributed by atoms with Gasteiger partial charge < -0.3 is 5.11 Å². The summed E-state index contributed by atoms with van der Waals surface area (Å²) in [6.45, 7) is 0. The predicted molar refractivity (Wildman–Crippen MR) is 82.2 cm³/mol. The maximum atomic E-state index is 10.1. The highest BCUT2D eigenvalue weighted by Crippen LogP contribution is 2.36. The first-order valence-corrected chi connectivity index (χ1v) is 7.78. The van der Waals surface area contributed by atoms with Crippen molar-refractivity contribution in [2.75, 3.05) is 0 Å². The molecule has 1 atom stereocenters. The summed E-state index contributed by atoms with van der Waals surface area (Å²) in [5.41, 5.74) is 0.928. The van der Waals surface area contributed by atoms with E-state index in [0.717, 1.165) is 14.9 Å². The number of thiophene rings is 1. The lowest BCUT2D eigenvalue weighted by Gasteiger charge is -2.09. The quantitative estimate of drug-likeness (QED) is 0.712. The average Bonchev–Trinajstić information content (AvgIpc) is 2.65. The van der Waals surface area contributed by atoms with Gasteiger partial charge in [-0.1, -0.05) is 40.9 Å². The highest BCUT2D eigenvalue weighted by molar-refractivity contribution is 9.10. The van der Waals surface area contributed by atoms with Crippen LogP contribution >= 0.6 is 62.1 Å². The molecule has 18 heavy (non-hydrogen) atoms. The van der Waals surface area contributed by atoms with Crippen molar-refractivity contribution < 1.29 is 5.11 Å². The van der Waals surface area contributed by atoms with E-state index >= 15 is 0 Å². The lowest BCUT2D eigenvalue weighted by atomic mass is 10.1. The first-order valence-electron chi connectivity index (χ1n) is 5.04. The van der Waals surface area contributed by atoms with E-state index in [1.807, 2.05) is 12.1 Å². The van der Waals surface area contributed by atoms with Crippen molar-refractivity contribution >= 4 is 62.1 Å². The summed E-state index contributed by atoms with van der Waals surface area (Å²) in [6, 6.07) is 7.16. The summed E-state index contributed by atoms with van der Waals surface area (Å²) in [6.07, 6.45) is -0.128. The lowest BCUT2D eigenvalue weighted by molar-refractivity contribution is 0.182. The third kappa shape index (κ3) is 3.41. The summed E-state index contributed by atoms with van der Waals surface area (Å²) in [5.74, 6) is 0. The minimum Gasteiger partial charge on any atom is -0.387 e. The third-order valence-electron chi connectivity index (χ3n) is 2.41. The molecule has 0 saturated carbocycles. The highest BCUT2D eigenvalue weighted by Gasteiger charge is 2.14. The zero-order chi connectivity index (χ0) is 13.3. The second-order valence-corrected chi connectivity index (χ2v) is 7.09. The van der Waals surface area contributed by atoms with Gasteiger partial charge in [-0.15, -0.1) is 11.3 Å². The van der Waals surface area contributed by atoms with Crippen LogP contribution in [0.2, 0.25) is 14.4 Å². The first-order chi connectivity index (χ1) is 8.47. The molecule has 1 nitrogen and oxygen atoms in total. The van der Waals surface area contributed by atoms with Gasteiger partial charge in [-0.25, -0.2) is 0 Å². The molecule has 0 bridgehead atoms. The fourth-order valence-corrected chi connectivity index (χ4v) is 3.56. The van der Waals surface area contributed by atoms with Crippen molar-refractivity contribution in [1.82, 2.24) is 0 Å². The molecule has 0 aliphatic rings. The maximum absolute atomic E-state index is 10.1. The van der Waals surface area contributed by atoms with Gasteiger partial charge in [0.15, 0.2) is 0 Å². The number of benzene rings is 1. The molecule has 1 aromatic carbocycles. The molecular weight excluding hydrogens is 378 g/mol. The molecule has 2 aromatic rings. The largest absolute Gasteiger partial charge is 0.387 e. The van der Waals surface area contributed by atoms with Gasteiger partial charge in [0.25, 0.3) is 0 Å². The molecule has 0 radical (unpaired) electrons. The molecule has 1 aromatic heterocycles. The minimum absolute atomic E-state index is 0.472. The molecule has 2 rings (SSSR count). The van der Waals surface area contributed by atoms with Gasteiger partial charge in [0.1, 0.15) is 4.34 Å². The predicted octanol–water partition coefficient (Wildman–Crippen LogP) is 5.75. The van der Waals surface area contributed by atoms with Gasteiger partial charge in [0.2, 0.25) is 0 Å². The van der Waals surface area contributed by atoms with Crippen LogP contribution in [-0.4, -0.2) is 5.11 Å². The lowest BCUT2D eigenvalue weighted by Crippen LogP contribution is -1.99. The standard InChI is InChI=1S/C12H8BrCl3OS/c13-7-5-11(18-12(7)16)10(17)4-6-1-2-8(14)9(15)3-6/h1-3,5,10,17H,4H2. The Labute approximate surface area is 132 Å². The zero-order valence-corrected chi connectivity index (χ0v) is 13.6. The topological polar surface area (TPSA) is 20.2 Å². The zero-order valence-electron chi connectivity index (χ0n) is 8.96. The van der Waals surface area contributed by atoms with E-state index < -0.39 is 6.10 Å². The van der Waals surface area contributed by atoms with Crippen molar-refractivity contribution in [3.8, 4) is 0 Å². The number of hydrogen-bond donors (Lipinski definition) is 1. The van der Waals surface area contributed by atoms with Crippen LogP contribution in [-0.2, 0) is 6.42 Å². The molecule has 0 saturated heterocycles. The van der Waals surface area contributed by atoms with Gasteiger partial charge in [-0.05, 0) is 39.7 Å². The fraction of sp³-hybridized carbons (Fsp3) is 0.167. The Kier molecular flexibility index (Phi) is 4.98. The number of aliphatic hydroxyl groups is 1. The smallest absolute Gasteiger partial charge is 0.107 e. The maximum Gasteiger partial charge on any atom is 0.107 e. The van der Waals surface area contributed by atoms with E-state index in [9.17, 15) is 5.11 Å². The van der Waals surface area contributed by atoms with E-state index in [1.165, 1.54) is 11.3 Å². The fourth-order valence-electron chi connectivity index (χ4n) is 1.52. The molecule has 1 N–H and O–H groups in total. The van der Waals surface area contributed by atoms with Crippen molar-refractivity contribution in [3.05, 3.63) is 53.6 Å². The van der Waals surface area contributed by atoms with E-state index in [2.05, 4.69) is 15.9 Å². The molecule has 0 aliphatic heterocycles. The Morgan fingerprint density at radius 2 is 1.89 bits per heavy atom. The van der Waals surface area contributed by atoms with Crippen molar-refractivity contribution in [1.29, 1.82) is 0 Å². The summed E-state index contributed by atoms with van der Waals surface area (Å²) in [5, 5.41) is 11.1. The van der Waals surface area contributed by atoms with Gasteiger partial charge in [0, 0.05) is 15.8 Å². The summed E-state index contributed by atoms with van der Waals surface area (Å²) >= 11 is 22.4. The second-order valence-electron chi connectivity index (χ2n) is 3.74. The molecule has 1 unspecified atom stereocenters. The van der Waals surface area contributed by atoms with Crippen LogP contribution in [0.3, 0.4) is 0 Å². The normalized spacial score (nSPS) is 12.7. The molecular formula is C12H8BrCl3OS.